The first kappa shape index (κ1) is 39.8. The number of aliphatic hydroxyl groups is 10. The van der Waals surface area contributed by atoms with Gasteiger partial charge in [-0.1, -0.05) is 0 Å². The average molecular weight is 774 g/mol. The van der Waals surface area contributed by atoms with Crippen LogP contribution >= 0.6 is 0 Å². The lowest BCUT2D eigenvalue weighted by atomic mass is 9.98. The third kappa shape index (κ3) is 7.52. The lowest BCUT2D eigenvalue weighted by molar-refractivity contribution is -0.318. The summed E-state index contributed by atoms with van der Waals surface area (Å²) in [6.07, 6.45) is -24.9. The van der Waals surface area contributed by atoms with E-state index >= 15 is 0 Å². The van der Waals surface area contributed by atoms with Gasteiger partial charge in [0.05, 0.1) is 30.9 Å². The van der Waals surface area contributed by atoms with Gasteiger partial charge in [0.15, 0.2) is 23.5 Å². The fourth-order valence-electron chi connectivity index (χ4n) is 6.20. The molecule has 6 rings (SSSR count). The molecule has 4 heterocycles. The Bertz CT molecular complexity index is 1770. The molecule has 14 N–H and O–H groups in total. The molecule has 3 aliphatic heterocycles. The van der Waals surface area contributed by atoms with Gasteiger partial charge in [0, 0.05) is 24.3 Å². The quantitative estimate of drug-likeness (QED) is 0.0738. The number of benzene rings is 2. The van der Waals surface area contributed by atoms with E-state index in [9.17, 15) is 71.5 Å². The van der Waals surface area contributed by atoms with Crippen molar-refractivity contribution < 1.29 is 104 Å². The minimum Gasteiger partial charge on any atom is -0.507 e. The molecular weight excluding hydrogens is 732 g/mol. The normalized spacial score (nSPS) is 37.3. The van der Waals surface area contributed by atoms with Crippen LogP contribution in [0.2, 0.25) is 0 Å². The van der Waals surface area contributed by atoms with E-state index in [-0.39, 0.29) is 28.0 Å². The van der Waals surface area contributed by atoms with Crippen LogP contribution in [-0.4, -0.2) is 177 Å². The maximum Gasteiger partial charge on any atom is 0.402 e. The molecule has 21 nitrogen and oxygen atoms in total. The standard InChI is InChI=1S/C33H40O21/c1-9-20(38)24(42)27(45)31(49-9)48-8-19-23(41)26(44)29(47)33(54-19)52-17-6-12-15(50-30(17)10-2-13(36)21(39)14(37)3-10)4-11(35)5-16(12)51-32-28(46)25(43)22(40)18(7-34)53-32/h2-6,9,18-20,22-29,31-34,38,40-47H,7-8H2,1H3,(H3-,35,36,37,39)/p+1/t9-,18+,19+,20-,22+,23+,24+,25-,26-,27+,28+,29+,31+,32+,33+/m0/s1. The summed E-state index contributed by atoms with van der Waals surface area (Å²) in [6, 6.07) is 5.22. The molecule has 3 aromatic rings. The van der Waals surface area contributed by atoms with E-state index in [1.807, 2.05) is 0 Å². The Labute approximate surface area is 303 Å². The molecule has 0 bridgehead atoms. The zero-order valence-electron chi connectivity index (χ0n) is 28.1. The van der Waals surface area contributed by atoms with Crippen LogP contribution in [-0.2, 0) is 18.9 Å². The highest BCUT2D eigenvalue weighted by molar-refractivity contribution is 5.89. The van der Waals surface area contributed by atoms with Gasteiger partial charge >= 0.3 is 11.3 Å². The second-order valence-corrected chi connectivity index (χ2v) is 13.1. The first-order chi connectivity index (χ1) is 25.5. The molecule has 2 aromatic carbocycles. The number of aromatic hydroxyl groups is 4. The van der Waals surface area contributed by atoms with E-state index < -0.39 is 134 Å². The highest BCUT2D eigenvalue weighted by Crippen LogP contribution is 2.45. The molecule has 0 aliphatic carbocycles. The Balaban J connectivity index is 1.36. The van der Waals surface area contributed by atoms with E-state index in [1.54, 1.807) is 0 Å². The van der Waals surface area contributed by atoms with Crippen molar-refractivity contribution >= 4 is 11.0 Å². The van der Waals surface area contributed by atoms with Crippen LogP contribution in [0.3, 0.4) is 0 Å². The van der Waals surface area contributed by atoms with Gasteiger partial charge in [-0.3, -0.25) is 0 Å². The van der Waals surface area contributed by atoms with Crippen molar-refractivity contribution in [2.45, 2.75) is 99.0 Å². The van der Waals surface area contributed by atoms with Gasteiger partial charge in [-0.15, -0.1) is 0 Å². The number of hydrogen-bond donors (Lipinski definition) is 14. The lowest BCUT2D eigenvalue weighted by Gasteiger charge is -2.42. The predicted molar refractivity (Wildman–Crippen MR) is 173 cm³/mol. The van der Waals surface area contributed by atoms with Crippen LogP contribution < -0.4 is 9.47 Å². The number of ether oxygens (including phenoxy) is 6. The van der Waals surface area contributed by atoms with Crippen LogP contribution in [0.5, 0.6) is 34.5 Å². The average Bonchev–Trinajstić information content (AvgIpc) is 3.14. The second kappa shape index (κ2) is 15.7. The van der Waals surface area contributed by atoms with Crippen molar-refractivity contribution in [3.05, 3.63) is 30.3 Å². The Morgan fingerprint density at radius 3 is 1.74 bits per heavy atom. The van der Waals surface area contributed by atoms with E-state index in [0.29, 0.717) is 0 Å². The van der Waals surface area contributed by atoms with Gasteiger partial charge < -0.3 is 99.9 Å². The number of phenols is 4. The van der Waals surface area contributed by atoms with Gasteiger partial charge in [0.2, 0.25) is 18.3 Å². The second-order valence-electron chi connectivity index (χ2n) is 13.1. The van der Waals surface area contributed by atoms with Crippen LogP contribution in [0, 0.1) is 0 Å². The van der Waals surface area contributed by atoms with Crippen molar-refractivity contribution in [1.29, 1.82) is 0 Å². The smallest absolute Gasteiger partial charge is 0.402 e. The fourth-order valence-corrected chi connectivity index (χ4v) is 6.20. The Morgan fingerprint density at radius 2 is 1.13 bits per heavy atom. The third-order valence-corrected chi connectivity index (χ3v) is 9.37. The summed E-state index contributed by atoms with van der Waals surface area (Å²) in [5.41, 5.74) is -0.355. The van der Waals surface area contributed by atoms with Gasteiger partial charge in [0.1, 0.15) is 84.0 Å². The number of rotatable bonds is 9. The zero-order chi connectivity index (χ0) is 39.3. The molecule has 3 aliphatic rings. The number of hydrogen-bond acceptors (Lipinski definition) is 20. The van der Waals surface area contributed by atoms with Gasteiger partial charge in [-0.2, -0.15) is 0 Å². The molecule has 1 aromatic heterocycles. The topological polar surface area (TPSA) is 350 Å². The highest BCUT2D eigenvalue weighted by atomic mass is 16.7. The molecular formula is C33H41O21+. The highest BCUT2D eigenvalue weighted by Gasteiger charge is 2.49. The molecule has 3 saturated heterocycles. The Morgan fingerprint density at radius 1 is 0.593 bits per heavy atom. The van der Waals surface area contributed by atoms with Crippen molar-refractivity contribution in [3.63, 3.8) is 0 Å². The minimum absolute atomic E-state index is 0.0696. The summed E-state index contributed by atoms with van der Waals surface area (Å²) in [7, 11) is 0. The number of aliphatic hydroxyl groups excluding tert-OH is 10. The summed E-state index contributed by atoms with van der Waals surface area (Å²) < 4.78 is 39.8. The molecule has 0 unspecified atom stereocenters. The van der Waals surface area contributed by atoms with E-state index in [2.05, 4.69) is 0 Å². The van der Waals surface area contributed by atoms with Crippen LogP contribution in [0.1, 0.15) is 6.92 Å². The lowest BCUT2D eigenvalue weighted by Crippen LogP contribution is -2.61. The minimum atomic E-state index is -1.99. The number of fused-ring (bicyclic) bond motifs is 1. The summed E-state index contributed by atoms with van der Waals surface area (Å²) in [4.78, 5) is 0. The molecule has 54 heavy (non-hydrogen) atoms. The van der Waals surface area contributed by atoms with Crippen molar-refractivity contribution in [1.82, 2.24) is 0 Å². The fraction of sp³-hybridized carbons (Fsp3) is 0.545. The summed E-state index contributed by atoms with van der Waals surface area (Å²) in [6.45, 7) is 0.00397. The molecule has 0 saturated carbocycles. The summed E-state index contributed by atoms with van der Waals surface area (Å²) in [5, 5.41) is 144. The van der Waals surface area contributed by atoms with Crippen LogP contribution in [0.15, 0.2) is 34.7 Å². The first-order valence-electron chi connectivity index (χ1n) is 16.5. The van der Waals surface area contributed by atoms with Crippen molar-refractivity contribution in [2.24, 2.45) is 0 Å². The Kier molecular flexibility index (Phi) is 11.5. The first-order valence-corrected chi connectivity index (χ1v) is 16.5. The summed E-state index contributed by atoms with van der Waals surface area (Å²) in [5.74, 6) is -4.04. The number of phenolic OH excluding ortho intramolecular Hbond substituents is 4. The van der Waals surface area contributed by atoms with E-state index in [0.717, 1.165) is 24.3 Å². The van der Waals surface area contributed by atoms with Crippen molar-refractivity contribution in [3.8, 4) is 45.8 Å². The summed E-state index contributed by atoms with van der Waals surface area (Å²) >= 11 is 0. The molecule has 298 valence electrons. The van der Waals surface area contributed by atoms with Crippen LogP contribution in [0.4, 0.5) is 0 Å². The molecule has 0 spiro atoms. The van der Waals surface area contributed by atoms with Crippen molar-refractivity contribution in [2.75, 3.05) is 13.2 Å². The third-order valence-electron chi connectivity index (χ3n) is 9.37. The molecule has 21 heteroatoms. The van der Waals surface area contributed by atoms with Gasteiger partial charge in [-0.25, -0.2) is 4.42 Å². The largest absolute Gasteiger partial charge is 0.507 e. The maximum atomic E-state index is 10.9. The molecule has 3 fully saturated rings. The molecule has 0 radical (unpaired) electrons. The van der Waals surface area contributed by atoms with E-state index in [1.165, 1.54) is 13.0 Å². The van der Waals surface area contributed by atoms with E-state index in [4.69, 9.17) is 32.8 Å². The molecule has 0 amide bonds. The maximum absolute atomic E-state index is 10.9. The van der Waals surface area contributed by atoms with Crippen LogP contribution in [0.25, 0.3) is 22.3 Å². The Hall–Kier alpha value is -3.91. The predicted octanol–water partition coefficient (Wildman–Crippen LogP) is -3.59. The molecule has 15 atom stereocenters. The monoisotopic (exact) mass is 773 g/mol. The van der Waals surface area contributed by atoms with Gasteiger partial charge in [0.25, 0.3) is 0 Å². The zero-order valence-corrected chi connectivity index (χ0v) is 28.1. The SMILES string of the molecule is C[C@@H]1O[C@@H](OC[C@H]2O[C@@H](Oc3cc4c(O[C@@H]5O[C@H](CO)[C@@H](O)[C@H](O)[C@H]5O)cc(O)cc4[o+]c3-c3cc(O)c(O)c(O)c3)[C@H](O)[C@@H](O)[C@@H]2O)[C@H](O)[C@H](O)[C@H]1O. The van der Waals surface area contributed by atoms with Gasteiger partial charge in [-0.05, 0) is 6.92 Å².